The van der Waals surface area contributed by atoms with Gasteiger partial charge in [0.2, 0.25) is 11.6 Å². The first-order valence-electron chi connectivity index (χ1n) is 6.08. The van der Waals surface area contributed by atoms with Crippen LogP contribution in [0.1, 0.15) is 32.1 Å². The van der Waals surface area contributed by atoms with Crippen LogP contribution in [0, 0.1) is 0 Å². The lowest BCUT2D eigenvalue weighted by molar-refractivity contribution is 0.0974. The monoisotopic (exact) mass is 264 g/mol. The van der Waals surface area contributed by atoms with E-state index in [0.717, 1.165) is 0 Å². The van der Waals surface area contributed by atoms with Crippen LogP contribution in [0.2, 0.25) is 0 Å². The number of aromatic amines is 1. The van der Waals surface area contributed by atoms with Crippen molar-refractivity contribution in [3.8, 4) is 11.6 Å². The molecule has 20 heavy (non-hydrogen) atoms. The van der Waals surface area contributed by atoms with Gasteiger partial charge >= 0.3 is 0 Å². The first-order valence-corrected chi connectivity index (χ1v) is 6.08. The van der Waals surface area contributed by atoms with E-state index in [-0.39, 0.29) is 23.0 Å². The molecule has 0 saturated heterocycles. The second kappa shape index (κ2) is 3.77. The van der Waals surface area contributed by atoms with Crippen molar-refractivity contribution in [3.63, 3.8) is 0 Å². The molecule has 0 saturated carbocycles. The second-order valence-electron chi connectivity index (χ2n) is 4.49. The number of fused-ring (bicyclic) bond motifs is 2. The number of carbonyl (C=O) groups is 2. The van der Waals surface area contributed by atoms with Gasteiger partial charge in [-0.15, -0.1) is 0 Å². The van der Waals surface area contributed by atoms with Gasteiger partial charge in [0.1, 0.15) is 11.4 Å². The van der Waals surface area contributed by atoms with Crippen LogP contribution >= 0.6 is 0 Å². The van der Waals surface area contributed by atoms with Crippen molar-refractivity contribution < 1.29 is 14.0 Å². The number of furan rings is 1. The predicted octanol–water partition coefficient (Wildman–Crippen LogP) is 2.45. The summed E-state index contributed by atoms with van der Waals surface area (Å²) in [6, 6.07) is 10.2. The summed E-state index contributed by atoms with van der Waals surface area (Å²) in [4.78, 5) is 31.8. The largest absolute Gasteiger partial charge is 0.461 e. The number of nitrogens with zero attached hydrogens (tertiary/aromatic N) is 1. The van der Waals surface area contributed by atoms with Crippen LogP contribution in [0.4, 0.5) is 0 Å². The van der Waals surface area contributed by atoms with Crippen LogP contribution in [-0.2, 0) is 0 Å². The SMILES string of the molecule is O=C1c2ccccc2C(=O)c2[nH]c(-c3ccco3)nc21. The molecule has 1 aromatic carbocycles. The van der Waals surface area contributed by atoms with Gasteiger partial charge < -0.3 is 9.40 Å². The molecule has 0 unspecified atom stereocenters. The molecule has 1 N–H and O–H groups in total. The Labute approximate surface area is 113 Å². The molecule has 1 aliphatic carbocycles. The molecule has 3 aromatic rings. The van der Waals surface area contributed by atoms with Crippen molar-refractivity contribution in [2.75, 3.05) is 0 Å². The molecule has 0 atom stereocenters. The van der Waals surface area contributed by atoms with Crippen molar-refractivity contribution in [3.05, 3.63) is 65.2 Å². The summed E-state index contributed by atoms with van der Waals surface area (Å²) in [5, 5.41) is 0. The number of nitrogens with one attached hydrogen (secondary N) is 1. The summed E-state index contributed by atoms with van der Waals surface area (Å²) < 4.78 is 5.23. The minimum absolute atomic E-state index is 0.153. The number of carbonyl (C=O) groups excluding carboxylic acids is 2. The van der Waals surface area contributed by atoms with Gasteiger partial charge in [-0.1, -0.05) is 24.3 Å². The molecule has 0 bridgehead atoms. The van der Waals surface area contributed by atoms with Crippen LogP contribution in [0.5, 0.6) is 0 Å². The molecule has 1 aliphatic rings. The number of imidazole rings is 1. The lowest BCUT2D eigenvalue weighted by Gasteiger charge is -2.11. The van der Waals surface area contributed by atoms with E-state index in [1.807, 2.05) is 0 Å². The van der Waals surface area contributed by atoms with Crippen LogP contribution in [0.3, 0.4) is 0 Å². The highest BCUT2D eigenvalue weighted by molar-refractivity contribution is 6.27. The van der Waals surface area contributed by atoms with Gasteiger partial charge in [0.05, 0.1) is 6.26 Å². The summed E-state index contributed by atoms with van der Waals surface area (Å²) in [7, 11) is 0. The quantitative estimate of drug-likeness (QED) is 0.573. The minimum Gasteiger partial charge on any atom is -0.461 e. The standard InChI is InChI=1S/C15H8N2O3/c18-13-8-4-1-2-5-9(8)14(19)12-11(13)16-15(17-12)10-6-3-7-20-10/h1-7H,(H,16,17). The van der Waals surface area contributed by atoms with Gasteiger partial charge in [-0.2, -0.15) is 0 Å². The van der Waals surface area contributed by atoms with Gasteiger partial charge in [0.15, 0.2) is 11.6 Å². The second-order valence-corrected chi connectivity index (χ2v) is 4.49. The molecular weight excluding hydrogens is 256 g/mol. The molecule has 2 heterocycles. The van der Waals surface area contributed by atoms with E-state index in [4.69, 9.17) is 4.42 Å². The molecule has 5 heteroatoms. The topological polar surface area (TPSA) is 76.0 Å². The lowest BCUT2D eigenvalue weighted by atomic mass is 9.90. The van der Waals surface area contributed by atoms with E-state index in [2.05, 4.69) is 9.97 Å². The van der Waals surface area contributed by atoms with Gasteiger partial charge in [-0.25, -0.2) is 4.98 Å². The zero-order chi connectivity index (χ0) is 13.7. The average Bonchev–Trinajstić information content (AvgIpc) is 3.13. The summed E-state index contributed by atoms with van der Waals surface area (Å²) in [5.74, 6) is 0.406. The molecule has 0 aliphatic heterocycles. The van der Waals surface area contributed by atoms with Gasteiger partial charge in [0.25, 0.3) is 0 Å². The van der Waals surface area contributed by atoms with E-state index in [1.54, 1.807) is 36.4 Å². The van der Waals surface area contributed by atoms with Crippen molar-refractivity contribution >= 4 is 11.6 Å². The highest BCUT2D eigenvalue weighted by Crippen LogP contribution is 2.28. The molecule has 0 radical (unpaired) electrons. The van der Waals surface area contributed by atoms with E-state index in [9.17, 15) is 9.59 Å². The number of hydrogen-bond acceptors (Lipinski definition) is 4. The average molecular weight is 264 g/mol. The Kier molecular flexibility index (Phi) is 2.06. The van der Waals surface area contributed by atoms with Crippen molar-refractivity contribution in [2.24, 2.45) is 0 Å². The van der Waals surface area contributed by atoms with Crippen LogP contribution in [0.15, 0.2) is 47.1 Å². The van der Waals surface area contributed by atoms with Crippen LogP contribution < -0.4 is 0 Å². The molecule has 2 aromatic heterocycles. The molecule has 4 rings (SSSR count). The maximum absolute atomic E-state index is 12.4. The summed E-state index contributed by atoms with van der Waals surface area (Å²) >= 11 is 0. The predicted molar refractivity (Wildman–Crippen MR) is 69.6 cm³/mol. The fraction of sp³-hybridized carbons (Fsp3) is 0. The van der Waals surface area contributed by atoms with E-state index >= 15 is 0 Å². The summed E-state index contributed by atoms with van der Waals surface area (Å²) in [6.07, 6.45) is 1.51. The fourth-order valence-corrected chi connectivity index (χ4v) is 2.37. The third kappa shape index (κ3) is 1.34. The molecule has 0 amide bonds. The van der Waals surface area contributed by atoms with Crippen molar-refractivity contribution in [1.82, 2.24) is 9.97 Å². The van der Waals surface area contributed by atoms with Crippen LogP contribution in [-0.4, -0.2) is 21.5 Å². The number of aromatic nitrogens is 2. The third-order valence-electron chi connectivity index (χ3n) is 3.32. The van der Waals surface area contributed by atoms with Gasteiger partial charge in [-0.3, -0.25) is 9.59 Å². The zero-order valence-electron chi connectivity index (χ0n) is 10.2. The van der Waals surface area contributed by atoms with Gasteiger partial charge in [0, 0.05) is 11.1 Å². The molecule has 5 nitrogen and oxygen atoms in total. The summed E-state index contributed by atoms with van der Waals surface area (Å²) in [6.45, 7) is 0. The number of H-pyrrole nitrogens is 1. The Balaban J connectivity index is 1.94. The van der Waals surface area contributed by atoms with E-state index in [0.29, 0.717) is 22.7 Å². The highest BCUT2D eigenvalue weighted by atomic mass is 16.3. The van der Waals surface area contributed by atoms with E-state index in [1.165, 1.54) is 6.26 Å². The normalized spacial score (nSPS) is 13.2. The first-order chi connectivity index (χ1) is 9.75. The zero-order valence-corrected chi connectivity index (χ0v) is 10.2. The van der Waals surface area contributed by atoms with Crippen molar-refractivity contribution in [1.29, 1.82) is 0 Å². The number of ketones is 2. The number of rotatable bonds is 1. The van der Waals surface area contributed by atoms with Crippen molar-refractivity contribution in [2.45, 2.75) is 0 Å². The summed E-state index contributed by atoms with van der Waals surface area (Å²) in [5.41, 5.74) is 1.17. The Bertz CT molecular complexity index is 791. The Morgan fingerprint density at radius 1 is 0.950 bits per heavy atom. The minimum atomic E-state index is -0.246. The fourth-order valence-electron chi connectivity index (χ4n) is 2.37. The lowest BCUT2D eigenvalue weighted by Crippen LogP contribution is -2.20. The maximum Gasteiger partial charge on any atom is 0.214 e. The molecular formula is C15H8N2O3. The molecule has 96 valence electrons. The number of benzene rings is 1. The number of hydrogen-bond donors (Lipinski definition) is 1. The first kappa shape index (κ1) is 10.9. The third-order valence-corrected chi connectivity index (χ3v) is 3.32. The maximum atomic E-state index is 12.4. The molecule has 0 fully saturated rings. The van der Waals surface area contributed by atoms with E-state index < -0.39 is 0 Å². The smallest absolute Gasteiger partial charge is 0.214 e. The Morgan fingerprint density at radius 3 is 2.40 bits per heavy atom. The Morgan fingerprint density at radius 2 is 1.70 bits per heavy atom. The van der Waals surface area contributed by atoms with Crippen LogP contribution in [0.25, 0.3) is 11.6 Å². The molecule has 0 spiro atoms. The van der Waals surface area contributed by atoms with Gasteiger partial charge in [-0.05, 0) is 12.1 Å². The highest BCUT2D eigenvalue weighted by Gasteiger charge is 2.33. The Hall–Kier alpha value is -2.95.